The van der Waals surface area contributed by atoms with Crippen LogP contribution in [-0.4, -0.2) is 48.1 Å². The van der Waals surface area contributed by atoms with Crippen LogP contribution in [0.25, 0.3) is 0 Å². The van der Waals surface area contributed by atoms with Crippen molar-refractivity contribution in [2.24, 2.45) is 4.99 Å². The molecule has 1 aromatic carbocycles. The lowest BCUT2D eigenvalue weighted by Gasteiger charge is -2.11. The third kappa shape index (κ3) is 8.73. The van der Waals surface area contributed by atoms with E-state index in [4.69, 9.17) is 0 Å². The van der Waals surface area contributed by atoms with E-state index in [1.807, 2.05) is 6.92 Å². The molecule has 2 rings (SSSR count). The van der Waals surface area contributed by atoms with Crippen molar-refractivity contribution in [3.8, 4) is 5.75 Å². The summed E-state index contributed by atoms with van der Waals surface area (Å²) < 4.78 is 37.7. The van der Waals surface area contributed by atoms with Gasteiger partial charge in [-0.1, -0.05) is 0 Å². The summed E-state index contributed by atoms with van der Waals surface area (Å²) in [5, 5.41) is 19.4. The van der Waals surface area contributed by atoms with E-state index in [2.05, 4.69) is 25.9 Å². The minimum Gasteiger partial charge on any atom is -0.508 e. The second kappa shape index (κ2) is 12.6. The number of nitrogens with zero attached hydrogens (tertiary/aromatic N) is 2. The van der Waals surface area contributed by atoms with Crippen LogP contribution in [0.5, 0.6) is 5.75 Å². The number of alkyl halides is 3. The maximum absolute atomic E-state index is 12.6. The van der Waals surface area contributed by atoms with Crippen molar-refractivity contribution < 1.29 is 23.1 Å². The SMILES string of the molecule is CCNC(=NCCc1nc(C(F)(F)F)cs1)NCCNC(=O)c1ccc(O)cc1.I. The lowest BCUT2D eigenvalue weighted by Crippen LogP contribution is -2.41. The van der Waals surface area contributed by atoms with E-state index in [1.54, 1.807) is 0 Å². The molecule has 0 aliphatic carbocycles. The summed E-state index contributed by atoms with van der Waals surface area (Å²) in [5.74, 6) is 0.319. The Balaban J connectivity index is 0.00000450. The van der Waals surface area contributed by atoms with Gasteiger partial charge in [0.1, 0.15) is 5.75 Å². The number of guanidine groups is 1. The molecule has 1 aromatic heterocycles. The number of phenolic OH excluding ortho intramolecular Hbond substituents is 1. The van der Waals surface area contributed by atoms with Crippen LogP contribution in [0.3, 0.4) is 0 Å². The molecule has 166 valence electrons. The first-order chi connectivity index (χ1) is 13.8. The average molecular weight is 557 g/mol. The predicted octanol–water partition coefficient (Wildman–Crippen LogP) is 3.01. The molecule has 0 fully saturated rings. The molecule has 0 atom stereocenters. The van der Waals surface area contributed by atoms with Crippen LogP contribution in [-0.2, 0) is 12.6 Å². The number of amides is 1. The number of thiazole rings is 1. The first-order valence-corrected chi connectivity index (χ1v) is 9.78. The molecule has 0 bridgehead atoms. The fraction of sp³-hybridized carbons (Fsp3) is 0.389. The molecule has 0 unspecified atom stereocenters. The number of carbonyl (C=O) groups is 1. The Morgan fingerprint density at radius 3 is 2.43 bits per heavy atom. The Morgan fingerprint density at radius 1 is 1.17 bits per heavy atom. The van der Waals surface area contributed by atoms with Crippen LogP contribution in [0.2, 0.25) is 0 Å². The number of halogens is 4. The number of aliphatic imine (C=N–C) groups is 1. The van der Waals surface area contributed by atoms with E-state index in [9.17, 15) is 23.1 Å². The molecule has 0 radical (unpaired) electrons. The van der Waals surface area contributed by atoms with Gasteiger partial charge >= 0.3 is 6.18 Å². The second-order valence-corrected chi connectivity index (χ2v) is 6.81. The Bertz CT molecular complexity index is 828. The first-order valence-electron chi connectivity index (χ1n) is 8.90. The van der Waals surface area contributed by atoms with Gasteiger partial charge in [0.2, 0.25) is 0 Å². The maximum atomic E-state index is 12.6. The summed E-state index contributed by atoms with van der Waals surface area (Å²) in [6.45, 7) is 3.53. The molecule has 7 nitrogen and oxygen atoms in total. The molecule has 0 aliphatic heterocycles. The Labute approximate surface area is 193 Å². The number of nitrogens with one attached hydrogen (secondary N) is 3. The highest BCUT2D eigenvalue weighted by Gasteiger charge is 2.33. The minimum absolute atomic E-state index is 0. The third-order valence-electron chi connectivity index (χ3n) is 3.61. The van der Waals surface area contributed by atoms with Crippen LogP contribution in [0.1, 0.15) is 28.0 Å². The standard InChI is InChI=1S/C18H22F3N5O2S.HI/c1-2-22-17(24-8-7-15-26-14(11-29-15)18(19,20)21)25-10-9-23-16(28)12-3-5-13(27)6-4-12;/h3-6,11,27H,2,7-10H2,1H3,(H,23,28)(H2,22,24,25);1H. The topological polar surface area (TPSA) is 98.6 Å². The van der Waals surface area contributed by atoms with E-state index >= 15 is 0 Å². The van der Waals surface area contributed by atoms with Crippen LogP contribution >= 0.6 is 35.3 Å². The number of rotatable bonds is 8. The molecule has 4 N–H and O–H groups in total. The summed E-state index contributed by atoms with van der Waals surface area (Å²) in [7, 11) is 0. The van der Waals surface area contributed by atoms with Crippen LogP contribution < -0.4 is 16.0 Å². The number of hydrogen-bond acceptors (Lipinski definition) is 5. The van der Waals surface area contributed by atoms with Crippen LogP contribution in [0, 0.1) is 0 Å². The average Bonchev–Trinajstić information content (AvgIpc) is 3.15. The molecule has 12 heteroatoms. The zero-order chi connectivity index (χ0) is 21.3. The van der Waals surface area contributed by atoms with Crippen LogP contribution in [0.15, 0.2) is 34.6 Å². The zero-order valence-electron chi connectivity index (χ0n) is 16.1. The summed E-state index contributed by atoms with van der Waals surface area (Å²) in [6, 6.07) is 5.91. The number of aromatic hydroxyl groups is 1. The zero-order valence-corrected chi connectivity index (χ0v) is 19.3. The molecule has 0 saturated heterocycles. The molecular formula is C18H23F3IN5O2S. The first kappa shape index (κ1) is 25.9. The van der Waals surface area contributed by atoms with Gasteiger partial charge < -0.3 is 21.1 Å². The molecule has 1 heterocycles. The second-order valence-electron chi connectivity index (χ2n) is 5.86. The largest absolute Gasteiger partial charge is 0.508 e. The summed E-state index contributed by atoms with van der Waals surface area (Å²) in [6.07, 6.45) is -4.13. The lowest BCUT2D eigenvalue weighted by atomic mass is 10.2. The summed E-state index contributed by atoms with van der Waals surface area (Å²) >= 11 is 0.961. The van der Waals surface area contributed by atoms with Gasteiger partial charge in [-0.05, 0) is 31.2 Å². The van der Waals surface area contributed by atoms with E-state index < -0.39 is 11.9 Å². The van der Waals surface area contributed by atoms with Crippen molar-refractivity contribution in [2.45, 2.75) is 19.5 Å². The van der Waals surface area contributed by atoms with Gasteiger partial charge in [-0.3, -0.25) is 9.79 Å². The monoisotopic (exact) mass is 557 g/mol. The minimum atomic E-state index is -4.43. The Kier molecular flexibility index (Phi) is 10.9. The molecule has 0 spiro atoms. The predicted molar refractivity (Wildman–Crippen MR) is 121 cm³/mol. The maximum Gasteiger partial charge on any atom is 0.434 e. The van der Waals surface area contributed by atoms with Crippen LogP contribution in [0.4, 0.5) is 13.2 Å². The highest BCUT2D eigenvalue weighted by molar-refractivity contribution is 14.0. The quantitative estimate of drug-likeness (QED) is 0.173. The van der Waals surface area contributed by atoms with E-state index in [-0.39, 0.29) is 42.2 Å². The summed E-state index contributed by atoms with van der Waals surface area (Å²) in [4.78, 5) is 19.9. The lowest BCUT2D eigenvalue weighted by molar-refractivity contribution is -0.140. The Morgan fingerprint density at radius 2 is 1.83 bits per heavy atom. The molecule has 1 amide bonds. The fourth-order valence-corrected chi connectivity index (χ4v) is 3.03. The van der Waals surface area contributed by atoms with Gasteiger partial charge in [-0.2, -0.15) is 13.2 Å². The molecule has 2 aromatic rings. The molecular weight excluding hydrogens is 534 g/mol. The smallest absolute Gasteiger partial charge is 0.434 e. The number of phenols is 1. The van der Waals surface area contributed by atoms with Crippen molar-refractivity contribution in [3.63, 3.8) is 0 Å². The van der Waals surface area contributed by atoms with E-state index in [1.165, 1.54) is 24.3 Å². The number of carbonyl (C=O) groups excluding carboxylic acids is 1. The van der Waals surface area contributed by atoms with Gasteiger partial charge in [0.25, 0.3) is 5.91 Å². The molecule has 0 aliphatic rings. The highest BCUT2D eigenvalue weighted by Crippen LogP contribution is 2.30. The summed E-state index contributed by atoms with van der Waals surface area (Å²) in [5.41, 5.74) is -0.444. The van der Waals surface area contributed by atoms with Crippen molar-refractivity contribution >= 4 is 47.2 Å². The van der Waals surface area contributed by atoms with Gasteiger partial charge in [0.05, 0.1) is 5.01 Å². The third-order valence-corrected chi connectivity index (χ3v) is 4.52. The van der Waals surface area contributed by atoms with Crippen molar-refractivity contribution in [1.29, 1.82) is 0 Å². The normalized spacial score (nSPS) is 11.5. The number of hydrogen-bond donors (Lipinski definition) is 4. The van der Waals surface area contributed by atoms with Crippen molar-refractivity contribution in [1.82, 2.24) is 20.9 Å². The van der Waals surface area contributed by atoms with E-state index in [0.717, 1.165) is 16.7 Å². The van der Waals surface area contributed by atoms with Gasteiger partial charge in [-0.25, -0.2) is 4.98 Å². The number of aromatic nitrogens is 1. The Hall–Kier alpha value is -2.09. The van der Waals surface area contributed by atoms with Gasteiger partial charge in [-0.15, -0.1) is 35.3 Å². The van der Waals surface area contributed by atoms with Crippen molar-refractivity contribution in [3.05, 3.63) is 45.9 Å². The van der Waals surface area contributed by atoms with E-state index in [0.29, 0.717) is 42.6 Å². The molecule has 0 saturated carbocycles. The number of benzene rings is 1. The molecule has 30 heavy (non-hydrogen) atoms. The van der Waals surface area contributed by atoms with Gasteiger partial charge in [0, 0.05) is 43.5 Å². The van der Waals surface area contributed by atoms with Gasteiger partial charge in [0.15, 0.2) is 11.7 Å². The highest BCUT2D eigenvalue weighted by atomic mass is 127. The van der Waals surface area contributed by atoms with Crippen molar-refractivity contribution in [2.75, 3.05) is 26.2 Å². The fourth-order valence-electron chi connectivity index (χ4n) is 2.23.